The summed E-state index contributed by atoms with van der Waals surface area (Å²) in [6, 6.07) is 8.70. The molecule has 4 aliphatic rings. The molecule has 6 amide bonds. The van der Waals surface area contributed by atoms with Crippen LogP contribution in [0, 0.1) is 19.8 Å². The number of benzene rings is 2. The zero-order chi connectivity index (χ0) is 41.0. The standard InChI is InChI=1S/C42H55N7O8/c1-25-9-6-11-29(17-25)20-31(44-36(50)21-30-12-7-10-26(2)18-30)37(51)45-32-24-57-42(56)34-19-27(3)22-49(34)39(53)28(4)43-38(52)35-23-46(5)15-16-48(35)41(55)33-13-8-14-47(33)40(32)54/h6-7,9-12,17-18,27-28,31-35H,8,13-16,19-24H2,1-5H3,(H,43,52)(H,44,50)(H,45,51)/t27-,28+,31+,32+,33+,34+,35+/m1/s1. The average Bonchev–Trinajstić information content (AvgIpc) is 3.82. The van der Waals surface area contributed by atoms with Gasteiger partial charge >= 0.3 is 5.97 Å². The molecule has 7 atom stereocenters. The summed E-state index contributed by atoms with van der Waals surface area (Å²) < 4.78 is 5.78. The molecule has 4 fully saturated rings. The van der Waals surface area contributed by atoms with Crippen molar-refractivity contribution in [3.8, 4) is 0 Å². The third-order valence-corrected chi connectivity index (χ3v) is 11.4. The molecule has 4 aliphatic heterocycles. The lowest BCUT2D eigenvalue weighted by atomic mass is 10.0. The molecule has 15 heteroatoms. The molecule has 6 rings (SSSR count). The van der Waals surface area contributed by atoms with Gasteiger partial charge < -0.3 is 40.3 Å². The number of nitrogens with one attached hydrogen (secondary N) is 3. The Hall–Kier alpha value is -5.31. The molecular formula is C42H55N7O8. The summed E-state index contributed by atoms with van der Waals surface area (Å²) >= 11 is 0. The number of fused-ring (bicyclic) bond motifs is 3. The van der Waals surface area contributed by atoms with E-state index in [1.165, 1.54) is 14.7 Å². The highest BCUT2D eigenvalue weighted by Crippen LogP contribution is 2.27. The first-order valence-electron chi connectivity index (χ1n) is 20.0. The van der Waals surface area contributed by atoms with Crippen LogP contribution in [-0.2, 0) is 51.1 Å². The molecule has 57 heavy (non-hydrogen) atoms. The summed E-state index contributed by atoms with van der Waals surface area (Å²) in [6.07, 6.45) is 1.28. The minimum atomic E-state index is -1.43. The number of carbonyl (C=O) groups excluding carboxylic acids is 7. The topological polar surface area (TPSA) is 178 Å². The average molecular weight is 786 g/mol. The van der Waals surface area contributed by atoms with Crippen molar-refractivity contribution in [1.29, 1.82) is 0 Å². The Balaban J connectivity index is 1.31. The summed E-state index contributed by atoms with van der Waals surface area (Å²) in [6.45, 7) is 8.18. The third kappa shape index (κ3) is 9.81. The molecule has 0 aromatic heterocycles. The predicted molar refractivity (Wildman–Crippen MR) is 209 cm³/mol. The van der Waals surface area contributed by atoms with Gasteiger partial charge in [0.25, 0.3) is 0 Å². The summed E-state index contributed by atoms with van der Waals surface area (Å²) in [5.41, 5.74) is 3.51. The maximum atomic E-state index is 14.6. The van der Waals surface area contributed by atoms with Gasteiger partial charge in [-0.05, 0) is 64.1 Å². The van der Waals surface area contributed by atoms with Crippen LogP contribution in [0.4, 0.5) is 0 Å². The molecule has 4 saturated heterocycles. The number of cyclic esters (lactones) is 1. The normalized spacial score (nSPS) is 26.9. The van der Waals surface area contributed by atoms with Gasteiger partial charge in [-0.2, -0.15) is 0 Å². The second-order valence-electron chi connectivity index (χ2n) is 16.2. The number of likely N-dealkylation sites (N-methyl/N-ethyl adjacent to an activating group) is 1. The van der Waals surface area contributed by atoms with Crippen LogP contribution in [0.5, 0.6) is 0 Å². The fourth-order valence-corrected chi connectivity index (χ4v) is 8.47. The van der Waals surface area contributed by atoms with E-state index in [0.717, 1.165) is 22.3 Å². The molecule has 0 radical (unpaired) electrons. The number of hydrogen-bond donors (Lipinski definition) is 3. The van der Waals surface area contributed by atoms with Crippen LogP contribution >= 0.6 is 0 Å². The first kappa shape index (κ1) is 41.3. The maximum absolute atomic E-state index is 14.6. The van der Waals surface area contributed by atoms with E-state index in [1.54, 1.807) is 6.92 Å². The number of esters is 1. The highest BCUT2D eigenvalue weighted by atomic mass is 16.5. The highest BCUT2D eigenvalue weighted by molar-refractivity contribution is 5.98. The van der Waals surface area contributed by atoms with Crippen LogP contribution in [0.2, 0.25) is 0 Å². The Bertz CT molecular complexity index is 1890. The largest absolute Gasteiger partial charge is 0.461 e. The van der Waals surface area contributed by atoms with E-state index in [0.29, 0.717) is 25.8 Å². The van der Waals surface area contributed by atoms with Crippen molar-refractivity contribution in [2.24, 2.45) is 5.92 Å². The molecule has 0 aliphatic carbocycles. The van der Waals surface area contributed by atoms with Gasteiger partial charge in [-0.3, -0.25) is 28.8 Å². The van der Waals surface area contributed by atoms with Crippen molar-refractivity contribution in [2.45, 2.75) is 96.1 Å². The lowest BCUT2D eigenvalue weighted by Gasteiger charge is -2.42. The first-order valence-corrected chi connectivity index (χ1v) is 20.0. The second-order valence-corrected chi connectivity index (χ2v) is 16.2. The molecule has 0 saturated carbocycles. The Kier molecular flexibility index (Phi) is 13.0. The molecule has 4 heterocycles. The minimum absolute atomic E-state index is 0.0236. The Labute approximate surface area is 333 Å². The number of rotatable bonds is 7. The Morgan fingerprint density at radius 2 is 1.51 bits per heavy atom. The summed E-state index contributed by atoms with van der Waals surface area (Å²) in [5, 5.41) is 8.45. The number of amides is 6. The smallest absolute Gasteiger partial charge is 0.328 e. The zero-order valence-electron chi connectivity index (χ0n) is 33.5. The maximum Gasteiger partial charge on any atom is 0.328 e. The van der Waals surface area contributed by atoms with Gasteiger partial charge in [0, 0.05) is 39.1 Å². The van der Waals surface area contributed by atoms with Crippen LogP contribution in [-0.4, -0.2) is 144 Å². The van der Waals surface area contributed by atoms with Crippen molar-refractivity contribution in [3.05, 3.63) is 70.8 Å². The quantitative estimate of drug-likeness (QED) is 0.338. The van der Waals surface area contributed by atoms with Gasteiger partial charge in [-0.15, -0.1) is 0 Å². The highest BCUT2D eigenvalue weighted by Gasteiger charge is 2.46. The molecule has 306 valence electrons. The first-order chi connectivity index (χ1) is 27.2. The number of carbonyl (C=O) groups is 7. The summed E-state index contributed by atoms with van der Waals surface area (Å²) in [4.78, 5) is 104. The van der Waals surface area contributed by atoms with E-state index < -0.39 is 84.3 Å². The van der Waals surface area contributed by atoms with Crippen molar-refractivity contribution in [3.63, 3.8) is 0 Å². The Morgan fingerprint density at radius 1 is 0.825 bits per heavy atom. The molecule has 2 aromatic carbocycles. The van der Waals surface area contributed by atoms with Gasteiger partial charge in [0.2, 0.25) is 35.4 Å². The summed E-state index contributed by atoms with van der Waals surface area (Å²) in [7, 11) is 1.85. The SMILES string of the molecule is Cc1cccc(CC(=O)N[C@@H](Cc2cccc(C)c2)C(=O)N[C@H]2COC(=O)[C@@H]3C[C@@H](C)CN3C(=O)[C@H](C)NC(=O)[C@@H]3CN(C)CCN3C(=O)[C@@H]3CCCN3C2=O)c1. The monoisotopic (exact) mass is 785 g/mol. The third-order valence-electron chi connectivity index (χ3n) is 11.4. The minimum Gasteiger partial charge on any atom is -0.461 e. The van der Waals surface area contributed by atoms with E-state index in [2.05, 4.69) is 16.0 Å². The van der Waals surface area contributed by atoms with Crippen molar-refractivity contribution in [1.82, 2.24) is 35.6 Å². The van der Waals surface area contributed by atoms with Crippen molar-refractivity contribution >= 4 is 41.4 Å². The van der Waals surface area contributed by atoms with Gasteiger partial charge in [0.05, 0.1) is 6.42 Å². The number of nitrogens with zero attached hydrogens (tertiary/aromatic N) is 4. The number of ether oxygens (including phenoxy) is 1. The second kappa shape index (κ2) is 17.9. The molecule has 0 spiro atoms. The zero-order valence-corrected chi connectivity index (χ0v) is 33.5. The lowest BCUT2D eigenvalue weighted by Crippen LogP contribution is -2.65. The van der Waals surface area contributed by atoms with Gasteiger partial charge in [0.15, 0.2) is 0 Å². The van der Waals surface area contributed by atoms with E-state index >= 15 is 0 Å². The van der Waals surface area contributed by atoms with Crippen LogP contribution in [0.3, 0.4) is 0 Å². The predicted octanol–water partition coefficient (Wildman–Crippen LogP) is 0.490. The number of hydrogen-bond acceptors (Lipinski definition) is 9. The van der Waals surface area contributed by atoms with Crippen LogP contribution in [0.1, 0.15) is 55.4 Å². The van der Waals surface area contributed by atoms with E-state index in [9.17, 15) is 33.6 Å². The Morgan fingerprint density at radius 3 is 2.23 bits per heavy atom. The van der Waals surface area contributed by atoms with E-state index in [1.807, 2.05) is 81.2 Å². The van der Waals surface area contributed by atoms with Crippen molar-refractivity contribution in [2.75, 3.05) is 46.4 Å². The van der Waals surface area contributed by atoms with Crippen LogP contribution in [0.25, 0.3) is 0 Å². The molecule has 15 nitrogen and oxygen atoms in total. The van der Waals surface area contributed by atoms with E-state index in [-0.39, 0.29) is 44.9 Å². The molecule has 0 unspecified atom stereocenters. The fourth-order valence-electron chi connectivity index (χ4n) is 8.47. The molecule has 3 N–H and O–H groups in total. The fraction of sp³-hybridized carbons (Fsp3) is 0.548. The summed E-state index contributed by atoms with van der Waals surface area (Å²) in [5.74, 6) is -3.86. The van der Waals surface area contributed by atoms with E-state index in [4.69, 9.17) is 4.74 Å². The van der Waals surface area contributed by atoms with Gasteiger partial charge in [-0.1, -0.05) is 66.6 Å². The van der Waals surface area contributed by atoms with Crippen molar-refractivity contribution < 1.29 is 38.3 Å². The molecule has 0 bridgehead atoms. The number of piperazine rings is 1. The lowest BCUT2D eigenvalue weighted by molar-refractivity contribution is -0.158. The van der Waals surface area contributed by atoms with Gasteiger partial charge in [-0.25, -0.2) is 4.79 Å². The van der Waals surface area contributed by atoms with Gasteiger partial charge in [0.1, 0.15) is 42.9 Å². The molecule has 2 aromatic rings. The molecular weight excluding hydrogens is 731 g/mol. The van der Waals surface area contributed by atoms with Crippen LogP contribution < -0.4 is 16.0 Å². The van der Waals surface area contributed by atoms with Crippen LogP contribution in [0.15, 0.2) is 48.5 Å². The number of aryl methyl sites for hydroxylation is 2.